The first-order valence-corrected chi connectivity index (χ1v) is 18.4. The molecule has 3 aliphatic rings. The third-order valence-corrected chi connectivity index (χ3v) is 10.9. The molecule has 16 nitrogen and oxygen atoms in total. The van der Waals surface area contributed by atoms with E-state index < -0.39 is 113 Å². The summed E-state index contributed by atoms with van der Waals surface area (Å²) >= 11 is 0. The molecule has 1 N–H and O–H groups in total. The average molecular weight is 794 g/mol. The first kappa shape index (κ1) is 42.7. The first-order chi connectivity index (χ1) is 26.7. The van der Waals surface area contributed by atoms with E-state index in [1.54, 1.807) is 25.1 Å². The van der Waals surface area contributed by atoms with Gasteiger partial charge < -0.3 is 38.3 Å². The largest absolute Gasteiger partial charge is 0.462 e. The molecule has 1 aromatic heterocycles. The lowest BCUT2D eigenvalue weighted by Crippen LogP contribution is -2.66. The molecule has 1 aliphatic carbocycles. The average Bonchev–Trinajstić information content (AvgIpc) is 3.55. The Hall–Kier alpha value is -5.48. The van der Waals surface area contributed by atoms with Crippen LogP contribution in [0, 0.1) is 23.2 Å². The van der Waals surface area contributed by atoms with Gasteiger partial charge in [-0.25, -0.2) is 9.59 Å². The summed E-state index contributed by atoms with van der Waals surface area (Å²) in [6, 6.07) is 10.5. The van der Waals surface area contributed by atoms with Gasteiger partial charge >= 0.3 is 35.8 Å². The fourth-order valence-corrected chi connectivity index (χ4v) is 8.48. The number of benzene rings is 1. The Bertz CT molecular complexity index is 1930. The zero-order chi connectivity index (χ0) is 42.2. The predicted octanol–water partition coefficient (Wildman–Crippen LogP) is 3.47. The number of hydrogen-bond donors (Lipinski definition) is 1. The van der Waals surface area contributed by atoms with Gasteiger partial charge in [-0.2, -0.15) is 0 Å². The summed E-state index contributed by atoms with van der Waals surface area (Å²) in [4.78, 5) is 98.8. The minimum Gasteiger partial charge on any atom is -0.462 e. The molecule has 0 amide bonds. The van der Waals surface area contributed by atoms with E-state index in [-0.39, 0.29) is 23.1 Å². The fourth-order valence-electron chi connectivity index (χ4n) is 8.48. The van der Waals surface area contributed by atoms with Gasteiger partial charge in [0.1, 0.15) is 18.3 Å². The molecule has 2 bridgehead atoms. The number of aromatic nitrogens is 1. The third-order valence-electron chi connectivity index (χ3n) is 10.9. The Morgan fingerprint density at radius 3 is 1.91 bits per heavy atom. The molecule has 3 fully saturated rings. The van der Waals surface area contributed by atoms with Crippen LogP contribution >= 0.6 is 0 Å². The molecule has 1 saturated carbocycles. The third kappa shape index (κ3) is 7.92. The van der Waals surface area contributed by atoms with Crippen LogP contribution in [0.25, 0.3) is 0 Å². The minimum atomic E-state index is -2.75. The van der Waals surface area contributed by atoms with E-state index in [0.717, 1.165) is 27.7 Å². The Morgan fingerprint density at radius 1 is 0.772 bits per heavy atom. The second-order valence-corrected chi connectivity index (χ2v) is 15.3. The van der Waals surface area contributed by atoms with Gasteiger partial charge in [0, 0.05) is 51.1 Å². The molecule has 5 rings (SSSR count). The zero-order valence-corrected chi connectivity index (χ0v) is 32.9. The Balaban J connectivity index is 1.89. The number of carbonyl (C=O) groups excluding carboxylic acids is 7. The van der Waals surface area contributed by atoms with Crippen LogP contribution in [0.15, 0.2) is 67.0 Å². The van der Waals surface area contributed by atoms with Crippen LogP contribution in [0.5, 0.6) is 0 Å². The molecular formula is C41H47NO15. The molecule has 1 aromatic carbocycles. The van der Waals surface area contributed by atoms with E-state index in [1.807, 2.05) is 0 Å². The van der Waals surface area contributed by atoms with Crippen molar-refractivity contribution in [2.75, 3.05) is 0 Å². The molecule has 3 heterocycles. The second-order valence-electron chi connectivity index (χ2n) is 15.3. The summed E-state index contributed by atoms with van der Waals surface area (Å²) in [6.45, 7) is 14.3. The number of hydrogen-bond acceptors (Lipinski definition) is 16. The maximum Gasteiger partial charge on any atom is 0.340 e. The molecular weight excluding hydrogens is 746 g/mol. The van der Waals surface area contributed by atoms with Crippen LogP contribution in [-0.4, -0.2) is 99.7 Å². The summed E-state index contributed by atoms with van der Waals surface area (Å²) in [5.41, 5.74) is -4.51. The van der Waals surface area contributed by atoms with Crippen molar-refractivity contribution in [1.82, 2.24) is 4.98 Å². The van der Waals surface area contributed by atoms with Gasteiger partial charge in [-0.3, -0.25) is 29.0 Å². The summed E-state index contributed by atoms with van der Waals surface area (Å²) in [5, 5.41) is 13.0. The lowest BCUT2D eigenvalue weighted by Gasteiger charge is -2.49. The highest BCUT2D eigenvalue weighted by Gasteiger charge is 2.77. The number of esters is 6. The van der Waals surface area contributed by atoms with Gasteiger partial charge in [-0.1, -0.05) is 52.5 Å². The molecule has 306 valence electrons. The number of ether oxygens (including phenoxy) is 7. The zero-order valence-electron chi connectivity index (χ0n) is 32.9. The molecule has 16 heteroatoms. The monoisotopic (exact) mass is 793 g/mol. The van der Waals surface area contributed by atoms with Crippen LogP contribution in [0.2, 0.25) is 0 Å². The Morgan fingerprint density at radius 2 is 1.35 bits per heavy atom. The Kier molecular flexibility index (Phi) is 12.1. The number of aliphatic hydroxyl groups is 1. The van der Waals surface area contributed by atoms with E-state index in [9.17, 15) is 38.7 Å². The highest BCUT2D eigenvalue weighted by Crippen LogP contribution is 2.60. The van der Waals surface area contributed by atoms with Crippen molar-refractivity contribution in [3.05, 3.63) is 78.1 Å². The highest BCUT2D eigenvalue weighted by molar-refractivity contribution is 5.91. The van der Waals surface area contributed by atoms with Crippen molar-refractivity contribution >= 4 is 41.6 Å². The highest BCUT2D eigenvalue weighted by atomic mass is 16.7. The summed E-state index contributed by atoms with van der Waals surface area (Å²) in [6.07, 6.45) is -8.15. The molecule has 0 unspecified atom stereocenters. The molecule has 11 atom stereocenters. The standard InChI is InChI=1S/C41H47NO15/c1-20-18-40(56-26(7)46)29(31(20)51-23(4)43)32(52-24(5)44)21(2)33(54-37(48)27-14-11-10-12-15-27)34(53-25(6)45)36(55-38(49)28-16-13-17-42-19-28)39(8,9)35-30(47)22(3)41(40,50)57-35/h10-17,19-20,22,29,31-36,50H,2,18H2,1,3-9H3/t20-,22+,29+,31-,32-,33-,34+,35-,36+,40+,41+/m0/s1. The number of carbonyl (C=O) groups is 7. The first-order valence-electron chi connectivity index (χ1n) is 18.4. The molecule has 0 spiro atoms. The van der Waals surface area contributed by atoms with Crippen molar-refractivity contribution in [3.63, 3.8) is 0 Å². The maximum absolute atomic E-state index is 14.6. The van der Waals surface area contributed by atoms with Gasteiger partial charge in [-0.05, 0) is 36.6 Å². The van der Waals surface area contributed by atoms with Crippen molar-refractivity contribution in [2.24, 2.45) is 23.2 Å². The number of nitrogens with zero attached hydrogens (tertiary/aromatic N) is 1. The number of Topliss-reactive ketones (excluding diaryl/α,β-unsaturated/α-hetero) is 1. The van der Waals surface area contributed by atoms with Crippen LogP contribution in [0.4, 0.5) is 0 Å². The summed E-state index contributed by atoms with van der Waals surface area (Å²) in [7, 11) is 0. The van der Waals surface area contributed by atoms with E-state index >= 15 is 0 Å². The van der Waals surface area contributed by atoms with Crippen molar-refractivity contribution in [1.29, 1.82) is 0 Å². The van der Waals surface area contributed by atoms with E-state index in [4.69, 9.17) is 33.2 Å². The maximum atomic E-state index is 14.6. The van der Waals surface area contributed by atoms with Crippen molar-refractivity contribution in [3.8, 4) is 0 Å². The molecule has 57 heavy (non-hydrogen) atoms. The van der Waals surface area contributed by atoms with Crippen LogP contribution in [0.3, 0.4) is 0 Å². The van der Waals surface area contributed by atoms with Gasteiger partial charge in [0.05, 0.1) is 23.0 Å². The summed E-state index contributed by atoms with van der Waals surface area (Å²) < 4.78 is 42.5. The Labute approximate surface area is 329 Å². The lowest BCUT2D eigenvalue weighted by atomic mass is 9.68. The molecule has 2 saturated heterocycles. The van der Waals surface area contributed by atoms with Gasteiger partial charge in [-0.15, -0.1) is 0 Å². The molecule has 2 aliphatic heterocycles. The van der Waals surface area contributed by atoms with Crippen LogP contribution in [-0.2, 0) is 57.1 Å². The SMILES string of the molecule is C=C1[C@H](OC(=O)c2ccccc2)[C@@H](OC(C)=O)[C@@H](OC(=O)c2cccnc2)C(C)(C)[C@H]2O[C@](O)([C@H](C)C2=O)[C@@]2(OC(C)=O)C[C@H](C)[C@H](OC(C)=O)[C@@H]2[C@H]1OC(C)=O. The second kappa shape index (κ2) is 16.2. The number of pyridine rings is 1. The van der Waals surface area contributed by atoms with Gasteiger partial charge in [0.15, 0.2) is 29.7 Å². The molecule has 2 aromatic rings. The molecule has 0 radical (unpaired) electrons. The van der Waals surface area contributed by atoms with E-state index in [1.165, 1.54) is 57.4 Å². The fraction of sp³-hybridized carbons (Fsp3) is 0.512. The van der Waals surface area contributed by atoms with Gasteiger partial charge in [0.25, 0.3) is 0 Å². The lowest BCUT2D eigenvalue weighted by molar-refractivity contribution is -0.333. The predicted molar refractivity (Wildman–Crippen MR) is 194 cm³/mol. The topological polar surface area (TPSA) is 217 Å². The number of ketones is 1. The number of fused-ring (bicyclic) bond motifs is 4. The van der Waals surface area contributed by atoms with Crippen LogP contribution in [0.1, 0.15) is 82.5 Å². The van der Waals surface area contributed by atoms with Crippen LogP contribution < -0.4 is 0 Å². The quantitative estimate of drug-likeness (QED) is 0.230. The van der Waals surface area contributed by atoms with E-state index in [0.29, 0.717) is 0 Å². The summed E-state index contributed by atoms with van der Waals surface area (Å²) in [5.74, 6) is -13.1. The van der Waals surface area contributed by atoms with Crippen molar-refractivity contribution < 1.29 is 71.8 Å². The van der Waals surface area contributed by atoms with Crippen molar-refractivity contribution in [2.45, 2.75) is 110 Å². The normalized spacial score (nSPS) is 33.1. The van der Waals surface area contributed by atoms with E-state index in [2.05, 4.69) is 11.6 Å². The van der Waals surface area contributed by atoms with Gasteiger partial charge in [0.2, 0.25) is 5.79 Å². The minimum absolute atomic E-state index is 0.0237. The smallest absolute Gasteiger partial charge is 0.340 e. The number of rotatable bonds is 8.